The Morgan fingerprint density at radius 2 is 2.43 bits per heavy atom. The Labute approximate surface area is 92.2 Å². The van der Waals surface area contributed by atoms with Crippen LogP contribution >= 0.6 is 11.8 Å². The molecule has 1 aliphatic heterocycles. The van der Waals surface area contributed by atoms with Gasteiger partial charge in [0.2, 0.25) is 0 Å². The van der Waals surface area contributed by atoms with Gasteiger partial charge in [0.05, 0.1) is 6.10 Å². The summed E-state index contributed by atoms with van der Waals surface area (Å²) < 4.78 is 5.61. The van der Waals surface area contributed by atoms with E-state index < -0.39 is 0 Å². The second-order valence-corrected chi connectivity index (χ2v) is 5.06. The molecule has 2 nitrogen and oxygen atoms in total. The zero-order chi connectivity index (χ0) is 10.2. The maximum atomic E-state index is 5.61. The van der Waals surface area contributed by atoms with Gasteiger partial charge >= 0.3 is 0 Å². The van der Waals surface area contributed by atoms with Crippen LogP contribution in [0.3, 0.4) is 0 Å². The van der Waals surface area contributed by atoms with Gasteiger partial charge in [0.1, 0.15) is 0 Å². The van der Waals surface area contributed by atoms with Crippen molar-refractivity contribution in [2.45, 2.75) is 44.8 Å². The van der Waals surface area contributed by atoms with Crippen molar-refractivity contribution in [1.82, 2.24) is 5.32 Å². The van der Waals surface area contributed by atoms with Crippen LogP contribution in [0.2, 0.25) is 0 Å². The molecule has 0 aliphatic carbocycles. The fraction of sp³-hybridized carbons (Fsp3) is 1.00. The number of thioether (sulfide) groups is 1. The monoisotopic (exact) mass is 217 g/mol. The van der Waals surface area contributed by atoms with Crippen LogP contribution in [-0.4, -0.2) is 37.3 Å². The first-order chi connectivity index (χ1) is 6.83. The molecule has 0 bridgehead atoms. The molecule has 1 N–H and O–H groups in total. The molecule has 1 fully saturated rings. The summed E-state index contributed by atoms with van der Waals surface area (Å²) in [4.78, 5) is 0. The molecule has 1 rings (SSSR count). The molecule has 1 heterocycles. The van der Waals surface area contributed by atoms with Gasteiger partial charge < -0.3 is 10.1 Å². The Morgan fingerprint density at radius 1 is 1.57 bits per heavy atom. The Hall–Kier alpha value is 0.270. The lowest BCUT2D eigenvalue weighted by atomic mass is 10.1. The van der Waals surface area contributed by atoms with Crippen molar-refractivity contribution >= 4 is 11.8 Å². The van der Waals surface area contributed by atoms with Crippen LogP contribution in [0.5, 0.6) is 0 Å². The van der Waals surface area contributed by atoms with Crippen molar-refractivity contribution in [2.75, 3.05) is 25.2 Å². The van der Waals surface area contributed by atoms with Crippen molar-refractivity contribution in [2.24, 2.45) is 0 Å². The molecule has 0 radical (unpaired) electrons. The lowest BCUT2D eigenvalue weighted by Crippen LogP contribution is -2.30. The topological polar surface area (TPSA) is 21.3 Å². The summed E-state index contributed by atoms with van der Waals surface area (Å²) in [5.41, 5.74) is 0. The summed E-state index contributed by atoms with van der Waals surface area (Å²) in [7, 11) is 0. The van der Waals surface area contributed by atoms with E-state index in [1.54, 1.807) is 0 Å². The van der Waals surface area contributed by atoms with Crippen molar-refractivity contribution < 1.29 is 4.74 Å². The minimum absolute atomic E-state index is 0.526. The normalized spacial score (nSPS) is 24.0. The predicted octanol–water partition coefficient (Wildman–Crippen LogP) is 2.29. The molecule has 2 atom stereocenters. The highest BCUT2D eigenvalue weighted by molar-refractivity contribution is 7.98. The highest BCUT2D eigenvalue weighted by Gasteiger charge is 2.17. The SMILES string of the molecule is CSCCCNC(C)CC1CCCO1. The number of rotatable bonds is 7. The fourth-order valence-corrected chi connectivity index (χ4v) is 2.31. The van der Waals surface area contributed by atoms with Crippen molar-refractivity contribution in [3.05, 3.63) is 0 Å². The minimum atomic E-state index is 0.526. The standard InChI is InChI=1S/C11H23NOS/c1-10(12-6-4-8-14-2)9-11-5-3-7-13-11/h10-12H,3-9H2,1-2H3. The summed E-state index contributed by atoms with van der Waals surface area (Å²) in [6.45, 7) is 4.39. The first-order valence-electron chi connectivity index (χ1n) is 5.67. The van der Waals surface area contributed by atoms with Crippen LogP contribution in [0.25, 0.3) is 0 Å². The Kier molecular flexibility index (Phi) is 6.65. The Bertz CT molecular complexity index is 137. The van der Waals surface area contributed by atoms with Crippen LogP contribution in [0.15, 0.2) is 0 Å². The van der Waals surface area contributed by atoms with Crippen molar-refractivity contribution in [1.29, 1.82) is 0 Å². The maximum absolute atomic E-state index is 5.61. The average Bonchev–Trinajstić information content (AvgIpc) is 2.65. The van der Waals surface area contributed by atoms with Gasteiger partial charge in [-0.1, -0.05) is 0 Å². The van der Waals surface area contributed by atoms with E-state index in [-0.39, 0.29) is 0 Å². The number of ether oxygens (including phenoxy) is 1. The van der Waals surface area contributed by atoms with E-state index in [1.807, 2.05) is 11.8 Å². The molecule has 0 spiro atoms. The zero-order valence-corrected chi connectivity index (χ0v) is 10.2. The molecule has 2 unspecified atom stereocenters. The van der Waals surface area contributed by atoms with E-state index in [2.05, 4.69) is 18.5 Å². The van der Waals surface area contributed by atoms with Gasteiger partial charge in [-0.15, -0.1) is 0 Å². The van der Waals surface area contributed by atoms with E-state index in [1.165, 1.54) is 31.4 Å². The summed E-state index contributed by atoms with van der Waals surface area (Å²) in [5, 5.41) is 3.55. The molecule has 1 aliphatic rings. The summed E-state index contributed by atoms with van der Waals surface area (Å²) in [6, 6.07) is 0.611. The van der Waals surface area contributed by atoms with Gasteiger partial charge in [0, 0.05) is 12.6 Å². The van der Waals surface area contributed by atoms with Gasteiger partial charge in [0.15, 0.2) is 0 Å². The first kappa shape index (κ1) is 12.3. The quantitative estimate of drug-likeness (QED) is 0.661. The largest absolute Gasteiger partial charge is 0.378 e. The molecule has 84 valence electrons. The third-order valence-corrected chi connectivity index (χ3v) is 3.36. The van der Waals surface area contributed by atoms with Gasteiger partial charge in [-0.3, -0.25) is 0 Å². The van der Waals surface area contributed by atoms with Gasteiger partial charge in [0.25, 0.3) is 0 Å². The van der Waals surface area contributed by atoms with Crippen molar-refractivity contribution in [3.8, 4) is 0 Å². The molecule has 0 aromatic heterocycles. The number of nitrogens with one attached hydrogen (secondary N) is 1. The van der Waals surface area contributed by atoms with Gasteiger partial charge in [-0.25, -0.2) is 0 Å². The summed E-state index contributed by atoms with van der Waals surface area (Å²) in [5.74, 6) is 1.26. The van der Waals surface area contributed by atoms with Crippen LogP contribution in [0, 0.1) is 0 Å². The second-order valence-electron chi connectivity index (χ2n) is 4.07. The lowest BCUT2D eigenvalue weighted by molar-refractivity contribution is 0.0964. The lowest BCUT2D eigenvalue weighted by Gasteiger charge is -2.17. The molecule has 1 saturated heterocycles. The zero-order valence-electron chi connectivity index (χ0n) is 9.42. The van der Waals surface area contributed by atoms with E-state index >= 15 is 0 Å². The summed E-state index contributed by atoms with van der Waals surface area (Å²) >= 11 is 1.92. The highest BCUT2D eigenvalue weighted by atomic mass is 32.2. The van der Waals surface area contributed by atoms with E-state index in [4.69, 9.17) is 4.74 Å². The third kappa shape index (κ3) is 5.23. The number of hydrogen-bond donors (Lipinski definition) is 1. The number of hydrogen-bond acceptors (Lipinski definition) is 3. The van der Waals surface area contributed by atoms with E-state index in [9.17, 15) is 0 Å². The van der Waals surface area contributed by atoms with E-state index in [0.717, 1.165) is 13.2 Å². The molecule has 0 saturated carbocycles. The third-order valence-electron chi connectivity index (χ3n) is 2.66. The smallest absolute Gasteiger partial charge is 0.0590 e. The minimum Gasteiger partial charge on any atom is -0.378 e. The average molecular weight is 217 g/mol. The van der Waals surface area contributed by atoms with Crippen LogP contribution in [0.4, 0.5) is 0 Å². The molecule has 0 amide bonds. The predicted molar refractivity (Wildman–Crippen MR) is 64.1 cm³/mol. The Morgan fingerprint density at radius 3 is 3.07 bits per heavy atom. The molecule has 0 aromatic rings. The van der Waals surface area contributed by atoms with Crippen LogP contribution in [0.1, 0.15) is 32.6 Å². The molecule has 0 aromatic carbocycles. The molecule has 14 heavy (non-hydrogen) atoms. The highest BCUT2D eigenvalue weighted by Crippen LogP contribution is 2.16. The van der Waals surface area contributed by atoms with Gasteiger partial charge in [-0.05, 0) is 51.2 Å². The van der Waals surface area contributed by atoms with Gasteiger partial charge in [-0.2, -0.15) is 11.8 Å². The van der Waals surface area contributed by atoms with Crippen LogP contribution in [-0.2, 0) is 4.74 Å². The molecular weight excluding hydrogens is 194 g/mol. The maximum Gasteiger partial charge on any atom is 0.0590 e. The van der Waals surface area contributed by atoms with E-state index in [0.29, 0.717) is 12.1 Å². The van der Waals surface area contributed by atoms with Crippen LogP contribution < -0.4 is 5.32 Å². The first-order valence-corrected chi connectivity index (χ1v) is 7.06. The fourth-order valence-electron chi connectivity index (χ4n) is 1.87. The molecular formula is C11H23NOS. The Balaban J connectivity index is 1.95. The molecule has 3 heteroatoms. The van der Waals surface area contributed by atoms with Crippen molar-refractivity contribution in [3.63, 3.8) is 0 Å². The summed E-state index contributed by atoms with van der Waals surface area (Å²) in [6.07, 6.45) is 7.66. The second kappa shape index (κ2) is 7.55.